The standard InChI is InChI=1S/C15H22ClNO2/c1-5-8-17-12(3)13-6-7-14(15(9-13)18-4)19-10-11(2)16/h6-7,9,12,17H,2,5,8,10H2,1,3-4H3. The van der Waals surface area contributed by atoms with Crippen molar-refractivity contribution in [1.29, 1.82) is 0 Å². The number of rotatable bonds is 8. The van der Waals surface area contributed by atoms with Crippen LogP contribution in [0, 0.1) is 0 Å². The summed E-state index contributed by atoms with van der Waals surface area (Å²) < 4.78 is 10.9. The smallest absolute Gasteiger partial charge is 0.161 e. The molecule has 1 aromatic carbocycles. The van der Waals surface area contributed by atoms with Gasteiger partial charge in [0.1, 0.15) is 6.61 Å². The van der Waals surface area contributed by atoms with Crippen molar-refractivity contribution >= 4 is 11.6 Å². The average molecular weight is 284 g/mol. The fourth-order valence-electron chi connectivity index (χ4n) is 1.71. The maximum Gasteiger partial charge on any atom is 0.161 e. The summed E-state index contributed by atoms with van der Waals surface area (Å²) in [7, 11) is 1.63. The highest BCUT2D eigenvalue weighted by atomic mass is 35.5. The topological polar surface area (TPSA) is 30.5 Å². The molecular formula is C15H22ClNO2. The van der Waals surface area contributed by atoms with Crippen molar-refractivity contribution in [2.75, 3.05) is 20.3 Å². The maximum absolute atomic E-state index is 5.69. The van der Waals surface area contributed by atoms with Gasteiger partial charge in [0.25, 0.3) is 0 Å². The molecule has 0 aliphatic heterocycles. The van der Waals surface area contributed by atoms with Crippen molar-refractivity contribution in [3.8, 4) is 11.5 Å². The Bertz CT molecular complexity index is 421. The molecule has 106 valence electrons. The van der Waals surface area contributed by atoms with Gasteiger partial charge in [-0.2, -0.15) is 0 Å². The van der Waals surface area contributed by atoms with E-state index >= 15 is 0 Å². The van der Waals surface area contributed by atoms with Crippen molar-refractivity contribution < 1.29 is 9.47 Å². The van der Waals surface area contributed by atoms with Crippen LogP contribution in [-0.2, 0) is 0 Å². The van der Waals surface area contributed by atoms with Crippen LogP contribution in [-0.4, -0.2) is 20.3 Å². The fourth-order valence-corrected chi connectivity index (χ4v) is 1.76. The second kappa shape index (κ2) is 8.08. The van der Waals surface area contributed by atoms with Crippen LogP contribution in [0.4, 0.5) is 0 Å². The highest BCUT2D eigenvalue weighted by Crippen LogP contribution is 2.30. The molecule has 0 aliphatic rings. The number of methoxy groups -OCH3 is 1. The minimum Gasteiger partial charge on any atom is -0.493 e. The zero-order valence-corrected chi connectivity index (χ0v) is 12.6. The lowest BCUT2D eigenvalue weighted by Crippen LogP contribution is -2.19. The molecule has 0 aromatic heterocycles. The lowest BCUT2D eigenvalue weighted by atomic mass is 10.1. The molecule has 0 heterocycles. The number of ether oxygens (including phenoxy) is 2. The summed E-state index contributed by atoms with van der Waals surface area (Å²) in [4.78, 5) is 0. The zero-order valence-electron chi connectivity index (χ0n) is 11.8. The molecule has 0 amide bonds. The van der Waals surface area contributed by atoms with E-state index in [4.69, 9.17) is 21.1 Å². The summed E-state index contributed by atoms with van der Waals surface area (Å²) in [5.41, 5.74) is 1.17. The lowest BCUT2D eigenvalue weighted by Gasteiger charge is -2.16. The van der Waals surface area contributed by atoms with Gasteiger partial charge >= 0.3 is 0 Å². The third-order valence-electron chi connectivity index (χ3n) is 2.77. The molecule has 0 saturated carbocycles. The van der Waals surface area contributed by atoms with Gasteiger partial charge in [0.2, 0.25) is 0 Å². The van der Waals surface area contributed by atoms with Gasteiger partial charge in [0.05, 0.1) is 7.11 Å². The van der Waals surface area contributed by atoms with E-state index < -0.39 is 0 Å². The van der Waals surface area contributed by atoms with E-state index in [2.05, 4.69) is 25.7 Å². The van der Waals surface area contributed by atoms with E-state index in [0.29, 0.717) is 16.5 Å². The van der Waals surface area contributed by atoms with Gasteiger partial charge in [-0.25, -0.2) is 0 Å². The van der Waals surface area contributed by atoms with Gasteiger partial charge in [-0.1, -0.05) is 31.2 Å². The first kappa shape index (κ1) is 15.9. The molecule has 1 atom stereocenters. The average Bonchev–Trinajstić information content (AvgIpc) is 2.42. The molecule has 19 heavy (non-hydrogen) atoms. The van der Waals surface area contributed by atoms with Crippen LogP contribution in [0.25, 0.3) is 0 Å². The minimum absolute atomic E-state index is 0.279. The highest BCUT2D eigenvalue weighted by molar-refractivity contribution is 6.29. The first-order valence-corrected chi connectivity index (χ1v) is 6.83. The molecule has 0 spiro atoms. The summed E-state index contributed by atoms with van der Waals surface area (Å²) in [6, 6.07) is 6.20. The van der Waals surface area contributed by atoms with Crippen LogP contribution in [0.5, 0.6) is 11.5 Å². The number of hydrogen-bond acceptors (Lipinski definition) is 3. The number of hydrogen-bond donors (Lipinski definition) is 1. The maximum atomic E-state index is 5.69. The molecule has 0 saturated heterocycles. The highest BCUT2D eigenvalue weighted by Gasteiger charge is 2.10. The van der Waals surface area contributed by atoms with Crippen molar-refractivity contribution in [2.24, 2.45) is 0 Å². The van der Waals surface area contributed by atoms with E-state index in [0.717, 1.165) is 13.0 Å². The SMILES string of the molecule is C=C(Cl)COc1ccc(C(C)NCCC)cc1OC. The lowest BCUT2D eigenvalue weighted by molar-refractivity contribution is 0.323. The van der Waals surface area contributed by atoms with E-state index in [1.807, 2.05) is 18.2 Å². The predicted octanol–water partition coefficient (Wildman–Crippen LogP) is 3.89. The van der Waals surface area contributed by atoms with Gasteiger partial charge < -0.3 is 14.8 Å². The number of benzene rings is 1. The fraction of sp³-hybridized carbons (Fsp3) is 0.467. The first-order valence-electron chi connectivity index (χ1n) is 6.45. The molecule has 0 fully saturated rings. The summed E-state index contributed by atoms with van der Waals surface area (Å²) in [6.45, 7) is 9.15. The van der Waals surface area contributed by atoms with E-state index in [9.17, 15) is 0 Å². The van der Waals surface area contributed by atoms with Crippen molar-refractivity contribution in [3.05, 3.63) is 35.4 Å². The largest absolute Gasteiger partial charge is 0.493 e. The van der Waals surface area contributed by atoms with Gasteiger partial charge in [-0.15, -0.1) is 0 Å². The van der Waals surface area contributed by atoms with Crippen LogP contribution in [0.1, 0.15) is 31.9 Å². The Morgan fingerprint density at radius 3 is 2.74 bits per heavy atom. The van der Waals surface area contributed by atoms with Gasteiger partial charge in [-0.05, 0) is 37.6 Å². The van der Waals surface area contributed by atoms with Crippen LogP contribution < -0.4 is 14.8 Å². The zero-order chi connectivity index (χ0) is 14.3. The normalized spacial score (nSPS) is 12.0. The van der Waals surface area contributed by atoms with Crippen LogP contribution in [0.3, 0.4) is 0 Å². The first-order chi connectivity index (χ1) is 9.08. The molecule has 3 nitrogen and oxygen atoms in total. The number of halogens is 1. The summed E-state index contributed by atoms with van der Waals surface area (Å²) >= 11 is 5.69. The Morgan fingerprint density at radius 2 is 2.16 bits per heavy atom. The molecular weight excluding hydrogens is 262 g/mol. The molecule has 0 aliphatic carbocycles. The van der Waals surface area contributed by atoms with Crippen LogP contribution >= 0.6 is 11.6 Å². The Hall–Kier alpha value is -1.19. The minimum atomic E-state index is 0.279. The second-order valence-electron chi connectivity index (χ2n) is 4.39. The van der Waals surface area contributed by atoms with Crippen molar-refractivity contribution in [2.45, 2.75) is 26.3 Å². The molecule has 0 radical (unpaired) electrons. The molecule has 1 N–H and O–H groups in total. The summed E-state index contributed by atoms with van der Waals surface area (Å²) in [5.74, 6) is 1.39. The second-order valence-corrected chi connectivity index (χ2v) is 4.93. The van der Waals surface area contributed by atoms with Gasteiger partial charge in [0.15, 0.2) is 11.5 Å². The predicted molar refractivity (Wildman–Crippen MR) is 80.2 cm³/mol. The Morgan fingerprint density at radius 1 is 1.42 bits per heavy atom. The van der Waals surface area contributed by atoms with Crippen molar-refractivity contribution in [1.82, 2.24) is 5.32 Å². The quantitative estimate of drug-likeness (QED) is 0.785. The third kappa shape index (κ3) is 5.13. The summed E-state index contributed by atoms with van der Waals surface area (Å²) in [6.07, 6.45) is 1.11. The molecule has 1 aromatic rings. The number of nitrogens with one attached hydrogen (secondary N) is 1. The third-order valence-corrected chi connectivity index (χ3v) is 2.88. The van der Waals surface area contributed by atoms with E-state index in [-0.39, 0.29) is 12.6 Å². The van der Waals surface area contributed by atoms with E-state index in [1.54, 1.807) is 7.11 Å². The molecule has 0 bridgehead atoms. The van der Waals surface area contributed by atoms with Gasteiger partial charge in [-0.3, -0.25) is 0 Å². The molecule has 4 heteroatoms. The van der Waals surface area contributed by atoms with Crippen molar-refractivity contribution in [3.63, 3.8) is 0 Å². The molecule has 1 rings (SSSR count). The van der Waals surface area contributed by atoms with Crippen LogP contribution in [0.2, 0.25) is 0 Å². The monoisotopic (exact) mass is 283 g/mol. The van der Waals surface area contributed by atoms with E-state index in [1.165, 1.54) is 5.56 Å². The molecule has 1 unspecified atom stereocenters. The Kier molecular flexibility index (Phi) is 6.74. The van der Waals surface area contributed by atoms with Gasteiger partial charge in [0, 0.05) is 11.1 Å². The van der Waals surface area contributed by atoms with Crippen LogP contribution in [0.15, 0.2) is 29.8 Å². The summed E-state index contributed by atoms with van der Waals surface area (Å²) in [5, 5.41) is 3.90. The Balaban J connectivity index is 2.79. The Labute approximate surface area is 120 Å².